The second kappa shape index (κ2) is 8.97. The number of likely N-dealkylation sites (tertiary alicyclic amines) is 1. The number of hydrogen-bond acceptors (Lipinski definition) is 3. The Morgan fingerprint density at radius 1 is 1.14 bits per heavy atom. The quantitative estimate of drug-likeness (QED) is 0.760. The number of hydrogen-bond donors (Lipinski definition) is 1. The summed E-state index contributed by atoms with van der Waals surface area (Å²) < 4.78 is 5.60. The van der Waals surface area contributed by atoms with Crippen molar-refractivity contribution in [3.63, 3.8) is 0 Å². The summed E-state index contributed by atoms with van der Waals surface area (Å²) in [6, 6.07) is 17.2. The smallest absolute Gasteiger partial charge is 0.410 e. The Morgan fingerprint density at radius 3 is 2.46 bits per heavy atom. The van der Waals surface area contributed by atoms with Crippen molar-refractivity contribution in [2.75, 3.05) is 6.54 Å². The lowest BCUT2D eigenvalue weighted by atomic mass is 9.76. The lowest BCUT2D eigenvalue weighted by Gasteiger charge is -2.45. The molecule has 0 radical (unpaired) electrons. The number of benzene rings is 2. The predicted octanol–water partition coefficient (Wildman–Crippen LogP) is 5.07. The summed E-state index contributed by atoms with van der Waals surface area (Å²) in [5.74, 6) is -0.0267. The van der Waals surface area contributed by atoms with E-state index in [0.717, 1.165) is 24.0 Å². The van der Waals surface area contributed by atoms with Gasteiger partial charge in [-0.3, -0.25) is 0 Å². The third kappa shape index (κ3) is 5.27. The summed E-state index contributed by atoms with van der Waals surface area (Å²) in [6.45, 7) is 4.53. The van der Waals surface area contributed by atoms with Gasteiger partial charge in [-0.2, -0.15) is 0 Å². The minimum atomic E-state index is -0.879. The number of carbonyl (C=O) groups excluding carboxylic acids is 1. The second-order valence-electron chi connectivity index (χ2n) is 8.03. The van der Waals surface area contributed by atoms with E-state index in [4.69, 9.17) is 16.3 Å². The first kappa shape index (κ1) is 20.7. The average Bonchev–Trinajstić information content (AvgIpc) is 2.68. The highest BCUT2D eigenvalue weighted by Crippen LogP contribution is 2.35. The Morgan fingerprint density at radius 2 is 1.82 bits per heavy atom. The van der Waals surface area contributed by atoms with Crippen LogP contribution in [0.5, 0.6) is 0 Å². The maximum absolute atomic E-state index is 12.9. The molecule has 1 amide bonds. The Labute approximate surface area is 172 Å². The molecule has 3 rings (SSSR count). The van der Waals surface area contributed by atoms with Crippen molar-refractivity contribution in [2.45, 2.75) is 51.4 Å². The number of piperidine rings is 1. The lowest BCUT2D eigenvalue weighted by molar-refractivity contribution is -0.0489. The topological polar surface area (TPSA) is 49.8 Å². The fourth-order valence-corrected chi connectivity index (χ4v) is 4.15. The van der Waals surface area contributed by atoms with Gasteiger partial charge in [-0.05, 0) is 56.4 Å². The number of rotatable bonds is 5. The molecular weight excluding hydrogens is 374 g/mol. The van der Waals surface area contributed by atoms with Gasteiger partial charge in [0.2, 0.25) is 0 Å². The average molecular weight is 402 g/mol. The van der Waals surface area contributed by atoms with Gasteiger partial charge in [0.25, 0.3) is 0 Å². The van der Waals surface area contributed by atoms with Crippen molar-refractivity contribution >= 4 is 17.7 Å². The van der Waals surface area contributed by atoms with E-state index in [9.17, 15) is 9.90 Å². The molecule has 0 saturated carbocycles. The van der Waals surface area contributed by atoms with Crippen molar-refractivity contribution in [2.24, 2.45) is 5.92 Å². The van der Waals surface area contributed by atoms with Gasteiger partial charge in [0.05, 0.1) is 5.60 Å². The van der Waals surface area contributed by atoms with Gasteiger partial charge in [-0.1, -0.05) is 54.1 Å². The summed E-state index contributed by atoms with van der Waals surface area (Å²) in [5, 5.41) is 11.4. The molecule has 1 aliphatic heterocycles. The fourth-order valence-electron chi connectivity index (χ4n) is 4.02. The number of halogens is 1. The first-order valence-corrected chi connectivity index (χ1v) is 10.2. The zero-order valence-electron chi connectivity index (χ0n) is 16.5. The Kier molecular flexibility index (Phi) is 6.63. The number of ether oxygens (including phenoxy) is 1. The molecule has 1 N–H and O–H groups in total. The predicted molar refractivity (Wildman–Crippen MR) is 111 cm³/mol. The van der Waals surface area contributed by atoms with Gasteiger partial charge in [0.1, 0.15) is 6.61 Å². The summed E-state index contributed by atoms with van der Waals surface area (Å²) in [5.41, 5.74) is 1.17. The van der Waals surface area contributed by atoms with Crippen LogP contribution in [0.2, 0.25) is 5.02 Å². The molecule has 2 unspecified atom stereocenters. The van der Waals surface area contributed by atoms with Crippen LogP contribution < -0.4 is 0 Å². The van der Waals surface area contributed by atoms with Crippen LogP contribution in [-0.4, -0.2) is 34.3 Å². The summed E-state index contributed by atoms with van der Waals surface area (Å²) in [4.78, 5) is 14.7. The van der Waals surface area contributed by atoms with Gasteiger partial charge in [-0.15, -0.1) is 0 Å². The van der Waals surface area contributed by atoms with Crippen LogP contribution in [0, 0.1) is 5.92 Å². The molecule has 2 aromatic rings. The molecule has 2 aromatic carbocycles. The molecule has 4 nitrogen and oxygen atoms in total. The summed E-state index contributed by atoms with van der Waals surface area (Å²) in [7, 11) is 0. The van der Waals surface area contributed by atoms with Crippen LogP contribution in [-0.2, 0) is 17.8 Å². The molecule has 1 fully saturated rings. The molecule has 0 spiro atoms. The molecule has 0 aliphatic carbocycles. The van der Waals surface area contributed by atoms with Crippen molar-refractivity contribution in [1.29, 1.82) is 0 Å². The molecule has 0 bridgehead atoms. The van der Waals surface area contributed by atoms with E-state index in [-0.39, 0.29) is 24.7 Å². The van der Waals surface area contributed by atoms with E-state index in [1.54, 1.807) is 4.90 Å². The van der Waals surface area contributed by atoms with E-state index in [1.807, 2.05) is 68.4 Å². The van der Waals surface area contributed by atoms with Crippen LogP contribution in [0.3, 0.4) is 0 Å². The van der Waals surface area contributed by atoms with Crippen LogP contribution >= 0.6 is 11.6 Å². The number of carbonyl (C=O) groups is 1. The number of amides is 1. The minimum absolute atomic E-state index is 0.0267. The molecule has 0 aromatic heterocycles. The molecule has 1 heterocycles. The second-order valence-corrected chi connectivity index (χ2v) is 8.47. The molecule has 1 saturated heterocycles. The van der Waals surface area contributed by atoms with E-state index < -0.39 is 5.60 Å². The minimum Gasteiger partial charge on any atom is -0.445 e. The first-order valence-electron chi connectivity index (χ1n) is 9.79. The number of aliphatic hydroxyl groups is 1. The van der Waals surface area contributed by atoms with Gasteiger partial charge < -0.3 is 14.7 Å². The highest BCUT2D eigenvalue weighted by Gasteiger charge is 2.42. The van der Waals surface area contributed by atoms with E-state index in [1.165, 1.54) is 0 Å². The van der Waals surface area contributed by atoms with Gasteiger partial charge >= 0.3 is 6.09 Å². The Hall–Kier alpha value is -2.04. The van der Waals surface area contributed by atoms with E-state index in [2.05, 4.69) is 0 Å². The maximum atomic E-state index is 12.9. The number of nitrogens with zero attached hydrogens (tertiary/aromatic N) is 1. The van der Waals surface area contributed by atoms with Crippen LogP contribution in [0.4, 0.5) is 4.79 Å². The Bertz CT molecular complexity index is 771. The van der Waals surface area contributed by atoms with Crippen molar-refractivity contribution in [1.82, 2.24) is 4.90 Å². The molecule has 2 atom stereocenters. The van der Waals surface area contributed by atoms with Crippen LogP contribution in [0.1, 0.15) is 37.8 Å². The molecule has 1 aliphatic rings. The zero-order valence-corrected chi connectivity index (χ0v) is 17.2. The third-order valence-electron chi connectivity index (χ3n) is 5.48. The monoisotopic (exact) mass is 401 g/mol. The first-order chi connectivity index (χ1) is 13.3. The molecular formula is C23H28ClNO3. The molecule has 28 heavy (non-hydrogen) atoms. The van der Waals surface area contributed by atoms with Crippen LogP contribution in [0.25, 0.3) is 0 Å². The summed E-state index contributed by atoms with van der Waals surface area (Å²) in [6.07, 6.45) is 2.07. The largest absolute Gasteiger partial charge is 0.445 e. The fraction of sp³-hybridized carbons (Fsp3) is 0.435. The highest BCUT2D eigenvalue weighted by molar-refractivity contribution is 6.30. The molecule has 150 valence electrons. The van der Waals surface area contributed by atoms with Crippen molar-refractivity contribution in [3.8, 4) is 0 Å². The molecule has 5 heteroatoms. The van der Waals surface area contributed by atoms with E-state index in [0.29, 0.717) is 18.0 Å². The Balaban J connectivity index is 1.77. The van der Waals surface area contributed by atoms with Crippen molar-refractivity contribution < 1.29 is 14.6 Å². The SMILES string of the molecule is CC(C)(O)C1CCCN(C(=O)OCc2ccccc2)C1Cc1ccc(Cl)cc1. The maximum Gasteiger partial charge on any atom is 0.410 e. The van der Waals surface area contributed by atoms with Crippen molar-refractivity contribution in [3.05, 3.63) is 70.7 Å². The normalized spacial score (nSPS) is 20.1. The van der Waals surface area contributed by atoms with Crippen LogP contribution in [0.15, 0.2) is 54.6 Å². The summed E-state index contributed by atoms with van der Waals surface area (Å²) >= 11 is 6.01. The lowest BCUT2D eigenvalue weighted by Crippen LogP contribution is -2.55. The van der Waals surface area contributed by atoms with Gasteiger partial charge in [0, 0.05) is 23.5 Å². The third-order valence-corrected chi connectivity index (χ3v) is 5.74. The van der Waals surface area contributed by atoms with E-state index >= 15 is 0 Å². The zero-order chi connectivity index (χ0) is 20.1. The van der Waals surface area contributed by atoms with Gasteiger partial charge in [0.15, 0.2) is 0 Å². The van der Waals surface area contributed by atoms with Gasteiger partial charge in [-0.25, -0.2) is 4.79 Å². The standard InChI is InChI=1S/C23H28ClNO3/c1-23(2,27)20-9-6-14-25(21(20)15-17-10-12-19(24)13-11-17)22(26)28-16-18-7-4-3-5-8-18/h3-5,7-8,10-13,20-21,27H,6,9,14-16H2,1-2H3. The highest BCUT2D eigenvalue weighted by atomic mass is 35.5.